The number of para-hydroxylation sites is 1. The summed E-state index contributed by atoms with van der Waals surface area (Å²) in [6, 6.07) is 21.7. The normalized spacial score (nSPS) is 11.7. The molecule has 0 saturated heterocycles. The molecule has 0 saturated carbocycles. The average Bonchev–Trinajstić information content (AvgIpc) is 3.58. The Morgan fingerprint density at radius 2 is 1.73 bits per heavy atom. The first-order valence-corrected chi connectivity index (χ1v) is 16.4. The number of anilines is 4. The molecule has 5 aromatic rings. The molecule has 3 N–H and O–H groups in total. The molecule has 1 unspecified atom stereocenters. The number of carbonyl (C=O) groups is 2. The number of ether oxygens (including phenoxy) is 2. The Labute approximate surface area is 280 Å². The Morgan fingerprint density at radius 3 is 2.52 bits per heavy atom. The minimum atomic E-state index is -3.99. The Morgan fingerprint density at radius 1 is 0.958 bits per heavy atom. The van der Waals surface area contributed by atoms with E-state index in [-0.39, 0.29) is 59.0 Å². The maximum Gasteiger partial charge on any atom is 0.310 e. The quantitative estimate of drug-likeness (QED) is 0.132. The highest BCUT2D eigenvalue weighted by Crippen LogP contribution is 2.28. The number of sulfone groups is 1. The summed E-state index contributed by atoms with van der Waals surface area (Å²) >= 11 is 6.33. The Hall–Kier alpha value is -5.54. The second-order valence-corrected chi connectivity index (χ2v) is 12.7. The second kappa shape index (κ2) is 15.4. The number of hydrogen-bond acceptors (Lipinski definition) is 13. The predicted octanol–water partition coefficient (Wildman–Crippen LogP) is 4.99. The number of benzene rings is 3. The van der Waals surface area contributed by atoms with Crippen molar-refractivity contribution in [2.45, 2.75) is 23.3 Å². The third kappa shape index (κ3) is 8.43. The van der Waals surface area contributed by atoms with Gasteiger partial charge in [0.1, 0.15) is 5.02 Å². The molecule has 0 radical (unpaired) electrons. The molecule has 0 spiro atoms. The molecule has 2 heterocycles. The summed E-state index contributed by atoms with van der Waals surface area (Å²) in [7, 11) is -2.45. The van der Waals surface area contributed by atoms with E-state index in [1.54, 1.807) is 80.7 Å². The smallest absolute Gasteiger partial charge is 0.310 e. The van der Waals surface area contributed by atoms with Gasteiger partial charge in [0.25, 0.3) is 16.8 Å². The maximum atomic E-state index is 12.9. The van der Waals surface area contributed by atoms with Gasteiger partial charge in [-0.3, -0.25) is 9.59 Å². The average molecular weight is 692 g/mol. The molecule has 0 aliphatic rings. The van der Waals surface area contributed by atoms with E-state index in [1.807, 2.05) is 0 Å². The molecule has 3 aromatic carbocycles. The van der Waals surface area contributed by atoms with Crippen molar-refractivity contribution in [1.82, 2.24) is 25.6 Å². The number of amides is 1. The number of carbonyl (C=O) groups excluding carboxylic acids is 2. The van der Waals surface area contributed by atoms with E-state index in [1.165, 1.54) is 18.3 Å². The van der Waals surface area contributed by atoms with Crippen LogP contribution in [0.3, 0.4) is 0 Å². The van der Waals surface area contributed by atoms with Gasteiger partial charge in [-0.2, -0.15) is 4.98 Å². The van der Waals surface area contributed by atoms with E-state index >= 15 is 0 Å². The van der Waals surface area contributed by atoms with Gasteiger partial charge in [0, 0.05) is 18.7 Å². The largest absolute Gasteiger partial charge is 0.473 e. The van der Waals surface area contributed by atoms with E-state index < -0.39 is 20.8 Å². The fourth-order valence-electron chi connectivity index (χ4n) is 4.31. The van der Waals surface area contributed by atoms with Crippen LogP contribution in [0.15, 0.2) is 99.6 Å². The highest BCUT2D eigenvalue weighted by atomic mass is 35.5. The molecular formula is C32H30ClN7O7S. The van der Waals surface area contributed by atoms with Crippen molar-refractivity contribution < 1.29 is 32.1 Å². The lowest BCUT2D eigenvalue weighted by atomic mass is 10.1. The fourth-order valence-corrected chi connectivity index (χ4v) is 5.65. The summed E-state index contributed by atoms with van der Waals surface area (Å²) in [6.07, 6.45) is 1.41. The van der Waals surface area contributed by atoms with Crippen molar-refractivity contribution in [3.05, 3.63) is 101 Å². The zero-order valence-corrected chi connectivity index (χ0v) is 27.3. The van der Waals surface area contributed by atoms with Crippen LogP contribution >= 0.6 is 11.6 Å². The number of esters is 1. The first kappa shape index (κ1) is 33.8. The van der Waals surface area contributed by atoms with Crippen LogP contribution in [-0.4, -0.2) is 60.8 Å². The van der Waals surface area contributed by atoms with Crippen molar-refractivity contribution in [1.29, 1.82) is 0 Å². The number of nitrogens with zero attached hydrogens (tertiary/aromatic N) is 4. The van der Waals surface area contributed by atoms with Gasteiger partial charge < -0.3 is 25.4 Å². The van der Waals surface area contributed by atoms with Crippen LogP contribution in [0.2, 0.25) is 5.02 Å². The summed E-state index contributed by atoms with van der Waals surface area (Å²) in [5.74, 6) is -0.804. The van der Waals surface area contributed by atoms with Gasteiger partial charge in [0.15, 0.2) is 5.82 Å². The molecule has 1 atom stereocenters. The maximum absolute atomic E-state index is 12.9. The van der Waals surface area contributed by atoms with Crippen LogP contribution in [0.4, 0.5) is 23.1 Å². The molecule has 2 aromatic heterocycles. The molecule has 0 aliphatic carbocycles. The van der Waals surface area contributed by atoms with Crippen molar-refractivity contribution in [3.63, 3.8) is 0 Å². The number of rotatable bonds is 14. The summed E-state index contributed by atoms with van der Waals surface area (Å²) < 4.78 is 41.3. The summed E-state index contributed by atoms with van der Waals surface area (Å²) in [6.45, 7) is 1.77. The van der Waals surface area contributed by atoms with E-state index in [9.17, 15) is 18.0 Å². The molecule has 0 bridgehead atoms. The van der Waals surface area contributed by atoms with Gasteiger partial charge >= 0.3 is 5.97 Å². The van der Waals surface area contributed by atoms with Gasteiger partial charge in [-0.05, 0) is 52.3 Å². The Balaban J connectivity index is 1.14. The van der Waals surface area contributed by atoms with Gasteiger partial charge in [-0.15, -0.1) is 0 Å². The third-order valence-electron chi connectivity index (χ3n) is 6.70. The van der Waals surface area contributed by atoms with E-state index in [2.05, 4.69) is 40.9 Å². The molecule has 14 nitrogen and oxygen atoms in total. The van der Waals surface area contributed by atoms with Crippen LogP contribution in [0.5, 0.6) is 5.88 Å². The predicted molar refractivity (Wildman–Crippen MR) is 175 cm³/mol. The van der Waals surface area contributed by atoms with Crippen LogP contribution in [-0.2, 0) is 25.8 Å². The topological polar surface area (TPSA) is 188 Å². The lowest BCUT2D eigenvalue weighted by Gasteiger charge is -2.13. The second-order valence-electron chi connectivity index (χ2n) is 10.4. The van der Waals surface area contributed by atoms with Crippen LogP contribution < -0.4 is 20.7 Å². The van der Waals surface area contributed by atoms with Crippen molar-refractivity contribution in [2.24, 2.45) is 5.92 Å². The zero-order chi connectivity index (χ0) is 34.1. The van der Waals surface area contributed by atoms with Crippen molar-refractivity contribution >= 4 is 56.5 Å². The molecule has 0 fully saturated rings. The number of nitrogens with one attached hydrogen (secondary N) is 3. The van der Waals surface area contributed by atoms with Crippen LogP contribution in [0.25, 0.3) is 0 Å². The Kier molecular flexibility index (Phi) is 10.8. The molecule has 5 rings (SSSR count). The number of halogens is 1. The van der Waals surface area contributed by atoms with Gasteiger partial charge in [-0.25, -0.2) is 18.0 Å². The van der Waals surface area contributed by atoms with E-state index in [0.717, 1.165) is 0 Å². The molecule has 248 valence electrons. The zero-order valence-electron chi connectivity index (χ0n) is 25.7. The standard InChI is InChI=1S/C32H30ClN7O7S/c1-20(19-46-30-31(40-47-39-30)48(43,44)23-11-4-3-5-12-23)18-45-27(41)16-21-9-8-10-22(15-21)36-32-35-17-25(33)28(38-32)37-26-14-7-6-13-24(26)29(42)34-2/h3-15,17,20H,16,18-19H2,1-2H3,(H,34,42)(H2,35,36,37,38). The highest BCUT2D eigenvalue weighted by Gasteiger charge is 2.28. The van der Waals surface area contributed by atoms with Crippen molar-refractivity contribution in [2.75, 3.05) is 30.9 Å². The van der Waals surface area contributed by atoms with Crippen LogP contribution in [0.1, 0.15) is 22.8 Å². The lowest BCUT2D eigenvalue weighted by Crippen LogP contribution is -2.19. The van der Waals surface area contributed by atoms with E-state index in [0.29, 0.717) is 22.5 Å². The van der Waals surface area contributed by atoms with Gasteiger partial charge in [0.05, 0.1) is 42.0 Å². The molecule has 48 heavy (non-hydrogen) atoms. The SMILES string of the molecule is CNC(=O)c1ccccc1Nc1nc(Nc2cccc(CC(=O)OCC(C)COc3nonc3S(=O)(=O)c3ccccc3)c2)ncc1Cl. The molecule has 0 aliphatic heterocycles. The monoisotopic (exact) mass is 691 g/mol. The third-order valence-corrected chi connectivity index (χ3v) is 8.63. The highest BCUT2D eigenvalue weighted by molar-refractivity contribution is 7.91. The van der Waals surface area contributed by atoms with Crippen molar-refractivity contribution in [3.8, 4) is 5.88 Å². The Bertz CT molecular complexity index is 2010. The minimum Gasteiger partial charge on any atom is -0.473 e. The van der Waals surface area contributed by atoms with Crippen LogP contribution in [0, 0.1) is 5.92 Å². The summed E-state index contributed by atoms with van der Waals surface area (Å²) in [4.78, 5) is 33.6. The lowest BCUT2D eigenvalue weighted by molar-refractivity contribution is -0.144. The molecule has 1 amide bonds. The minimum absolute atomic E-state index is 0.00642. The number of hydrogen-bond donors (Lipinski definition) is 3. The number of aromatic nitrogens is 4. The van der Waals surface area contributed by atoms with E-state index in [4.69, 9.17) is 21.1 Å². The first-order chi connectivity index (χ1) is 23.1. The summed E-state index contributed by atoms with van der Waals surface area (Å²) in [5, 5.41) is 15.7. The first-order valence-electron chi connectivity index (χ1n) is 14.5. The summed E-state index contributed by atoms with van der Waals surface area (Å²) in [5.41, 5.74) is 2.22. The molecule has 16 heteroatoms. The van der Waals surface area contributed by atoms with Gasteiger partial charge in [-0.1, -0.05) is 61.0 Å². The molecular weight excluding hydrogens is 662 g/mol. The fraction of sp³-hybridized carbons (Fsp3) is 0.188. The van der Waals surface area contributed by atoms with Gasteiger partial charge in [0.2, 0.25) is 15.8 Å².